The van der Waals surface area contributed by atoms with E-state index in [1.54, 1.807) is 0 Å². The molecule has 2 aliphatic carbocycles. The number of azo groups is 1. The molecule has 2 amide bonds. The Kier molecular flexibility index (Phi) is 8.98. The maximum Gasteiger partial charge on any atom is 0.251 e. The topological polar surface area (TPSA) is 126 Å². The van der Waals surface area contributed by atoms with E-state index in [4.69, 9.17) is 5.73 Å². The lowest BCUT2D eigenvalue weighted by Gasteiger charge is -2.27. The summed E-state index contributed by atoms with van der Waals surface area (Å²) in [7, 11) is 0. The number of ketones is 1. The molecule has 0 bridgehead atoms. The Hall–Kier alpha value is -4.17. The van der Waals surface area contributed by atoms with Crippen LogP contribution in [0.25, 0.3) is 11.1 Å². The highest BCUT2D eigenvalue weighted by Gasteiger charge is 2.30. The van der Waals surface area contributed by atoms with Gasteiger partial charge in [0.05, 0.1) is 12.2 Å². The second-order valence-corrected chi connectivity index (χ2v) is 12.7. The van der Waals surface area contributed by atoms with Crippen molar-refractivity contribution >= 4 is 29.0 Å². The highest BCUT2D eigenvalue weighted by atomic mass is 16.2. The molecule has 0 radical (unpaired) electrons. The van der Waals surface area contributed by atoms with Gasteiger partial charge in [-0.2, -0.15) is 10.2 Å². The van der Waals surface area contributed by atoms with Crippen LogP contribution >= 0.6 is 0 Å². The van der Waals surface area contributed by atoms with E-state index < -0.39 is 5.92 Å². The zero-order valence-corrected chi connectivity index (χ0v) is 25.4. The summed E-state index contributed by atoms with van der Waals surface area (Å²) in [4.78, 5) is 39.6. The van der Waals surface area contributed by atoms with E-state index in [1.165, 1.54) is 0 Å². The minimum absolute atomic E-state index is 0.00631. The molecule has 3 aromatic rings. The van der Waals surface area contributed by atoms with E-state index in [-0.39, 0.29) is 29.9 Å². The van der Waals surface area contributed by atoms with Crippen molar-refractivity contribution in [2.24, 2.45) is 33.7 Å². The summed E-state index contributed by atoms with van der Waals surface area (Å²) in [5.74, 6) is -0.0265. The lowest BCUT2D eigenvalue weighted by molar-refractivity contribution is -0.129. The molecule has 3 aromatic carbocycles. The third-order valence-electron chi connectivity index (χ3n) is 9.37. The highest BCUT2D eigenvalue weighted by molar-refractivity contribution is 5.97. The monoisotopic (exact) mass is 591 g/mol. The Balaban J connectivity index is 1.16. The summed E-state index contributed by atoms with van der Waals surface area (Å²) in [5, 5.41) is 14.3. The lowest BCUT2D eigenvalue weighted by Crippen LogP contribution is -2.31. The normalized spacial score (nSPS) is 19.7. The van der Waals surface area contributed by atoms with Gasteiger partial charge in [0.15, 0.2) is 0 Å². The van der Waals surface area contributed by atoms with Gasteiger partial charge in [0.1, 0.15) is 5.78 Å². The van der Waals surface area contributed by atoms with Crippen LogP contribution in [0.5, 0.6) is 0 Å². The van der Waals surface area contributed by atoms with Crippen LogP contribution in [0.4, 0.5) is 11.4 Å². The van der Waals surface area contributed by atoms with E-state index in [2.05, 4.69) is 33.0 Å². The molecule has 4 N–H and O–H groups in total. The molecule has 0 unspecified atom stereocenters. The number of aryl methyl sites for hydroxylation is 1. The number of amides is 2. The average molecular weight is 592 g/mol. The summed E-state index contributed by atoms with van der Waals surface area (Å²) >= 11 is 0. The van der Waals surface area contributed by atoms with Crippen molar-refractivity contribution in [3.05, 3.63) is 82.9 Å². The number of nitrogens with two attached hydrogens (primary N) is 1. The maximum absolute atomic E-state index is 13.7. The van der Waals surface area contributed by atoms with Gasteiger partial charge in [-0.25, -0.2) is 0 Å². The third kappa shape index (κ3) is 7.13. The minimum atomic E-state index is -0.499. The quantitative estimate of drug-likeness (QED) is 0.230. The fraction of sp³-hybridized carbons (Fsp3) is 0.417. The first-order chi connectivity index (χ1) is 21.4. The smallest absolute Gasteiger partial charge is 0.251 e. The summed E-state index contributed by atoms with van der Waals surface area (Å²) in [6.07, 6.45) is 6.42. The van der Waals surface area contributed by atoms with Crippen molar-refractivity contribution < 1.29 is 14.4 Å². The van der Waals surface area contributed by atoms with Crippen molar-refractivity contribution in [1.82, 2.24) is 5.32 Å². The van der Waals surface area contributed by atoms with E-state index in [0.717, 1.165) is 72.0 Å². The molecule has 0 aromatic heterocycles. The van der Waals surface area contributed by atoms with Crippen molar-refractivity contribution in [3.63, 3.8) is 0 Å². The van der Waals surface area contributed by atoms with Gasteiger partial charge in [-0.05, 0) is 111 Å². The zero-order valence-electron chi connectivity index (χ0n) is 25.4. The molecule has 0 saturated heterocycles. The third-order valence-corrected chi connectivity index (χ3v) is 9.37. The first-order valence-corrected chi connectivity index (χ1v) is 15.9. The fourth-order valence-electron chi connectivity index (χ4n) is 6.42. The zero-order chi connectivity index (χ0) is 30.6. The number of hydrogen-bond acceptors (Lipinski definition) is 6. The highest BCUT2D eigenvalue weighted by Crippen LogP contribution is 2.33. The largest absolute Gasteiger partial charge is 0.349 e. The average Bonchev–Trinajstić information content (AvgIpc) is 3.73. The predicted molar refractivity (Wildman–Crippen MR) is 172 cm³/mol. The Bertz CT molecular complexity index is 1570. The Morgan fingerprint density at radius 2 is 1.70 bits per heavy atom. The number of carbonyl (C=O) groups is 3. The second-order valence-electron chi connectivity index (χ2n) is 12.7. The number of hydrogen-bond donors (Lipinski definition) is 3. The van der Waals surface area contributed by atoms with Gasteiger partial charge in [-0.1, -0.05) is 36.4 Å². The Morgan fingerprint density at radius 3 is 2.41 bits per heavy atom. The maximum atomic E-state index is 13.7. The summed E-state index contributed by atoms with van der Waals surface area (Å²) < 4.78 is 0. The van der Waals surface area contributed by atoms with E-state index >= 15 is 0 Å². The molecule has 1 heterocycles. The van der Waals surface area contributed by atoms with Crippen molar-refractivity contribution in [3.8, 4) is 11.1 Å². The van der Waals surface area contributed by atoms with Crippen LogP contribution in [0.3, 0.4) is 0 Å². The number of rotatable bonds is 11. The van der Waals surface area contributed by atoms with E-state index in [1.807, 2.05) is 55.5 Å². The first kappa shape index (κ1) is 29.9. The number of fused-ring (bicyclic) bond motifs is 1. The molecular formula is C36H41N5O3. The van der Waals surface area contributed by atoms with Gasteiger partial charge in [-0.3, -0.25) is 14.4 Å². The van der Waals surface area contributed by atoms with Gasteiger partial charge in [-0.15, -0.1) is 0 Å². The van der Waals surface area contributed by atoms with Crippen LogP contribution in [0, 0.1) is 24.7 Å². The van der Waals surface area contributed by atoms with Crippen LogP contribution in [0.2, 0.25) is 0 Å². The summed E-state index contributed by atoms with van der Waals surface area (Å²) in [6.45, 7) is 3.24. The van der Waals surface area contributed by atoms with Gasteiger partial charge in [0, 0.05) is 41.1 Å². The number of carbonyl (C=O) groups excluding carboxylic acids is 3. The second kappa shape index (κ2) is 13.2. The summed E-state index contributed by atoms with van der Waals surface area (Å²) in [5.41, 5.74) is 13.1. The molecule has 2 fully saturated rings. The molecule has 0 spiro atoms. The molecule has 6 rings (SSSR count). The Morgan fingerprint density at radius 1 is 0.932 bits per heavy atom. The first-order valence-electron chi connectivity index (χ1n) is 15.9. The van der Waals surface area contributed by atoms with Crippen LogP contribution in [-0.2, 0) is 22.6 Å². The van der Waals surface area contributed by atoms with Crippen molar-refractivity contribution in [2.75, 3.05) is 11.9 Å². The number of Topliss-reactive ketones (excluding diaryl/α,β-unsaturated/α-hetero) is 1. The number of nitrogens with zero attached hydrogens (tertiary/aromatic N) is 2. The predicted octanol–water partition coefficient (Wildman–Crippen LogP) is 6.67. The van der Waals surface area contributed by atoms with Crippen LogP contribution in [0.15, 0.2) is 70.9 Å². The van der Waals surface area contributed by atoms with E-state index in [9.17, 15) is 14.4 Å². The van der Waals surface area contributed by atoms with Gasteiger partial charge >= 0.3 is 0 Å². The molecule has 2 saturated carbocycles. The van der Waals surface area contributed by atoms with Crippen LogP contribution in [-0.4, -0.2) is 30.2 Å². The number of anilines is 1. The lowest BCUT2D eigenvalue weighted by atomic mass is 9.77. The molecular weight excluding hydrogens is 550 g/mol. The number of nitrogens with one attached hydrogen (secondary N) is 2. The fourth-order valence-corrected chi connectivity index (χ4v) is 6.42. The number of benzene rings is 3. The molecule has 8 heteroatoms. The van der Waals surface area contributed by atoms with E-state index in [0.29, 0.717) is 42.7 Å². The van der Waals surface area contributed by atoms with Gasteiger partial charge in [0.25, 0.3) is 5.91 Å². The van der Waals surface area contributed by atoms with Crippen molar-refractivity contribution in [1.29, 1.82) is 0 Å². The molecule has 3 aliphatic rings. The van der Waals surface area contributed by atoms with Crippen molar-refractivity contribution in [2.45, 2.75) is 70.9 Å². The SMILES string of the molecule is Cc1cc(C(=O)NC2CC2)ccc1-c1ccc(C[C@H](CC(=O)C2CCC(CN)CC2)C(=O)Nc2ccc3c(c2)N=NC3)cc1. The summed E-state index contributed by atoms with van der Waals surface area (Å²) in [6, 6.07) is 20.0. The van der Waals surface area contributed by atoms with Gasteiger partial charge in [0.2, 0.25) is 5.91 Å². The Labute approximate surface area is 258 Å². The molecule has 1 aliphatic heterocycles. The molecule has 44 heavy (non-hydrogen) atoms. The molecule has 8 nitrogen and oxygen atoms in total. The molecule has 1 atom stereocenters. The van der Waals surface area contributed by atoms with Crippen LogP contribution in [0.1, 0.15) is 72.0 Å². The van der Waals surface area contributed by atoms with Gasteiger partial charge < -0.3 is 16.4 Å². The van der Waals surface area contributed by atoms with Crippen LogP contribution < -0.4 is 16.4 Å². The standard InChI is InChI=1S/C36H41N5O3/c1-22-16-27(35(43)39-30-13-14-30)11-15-32(22)25-6-2-23(3-7-25)17-29(18-34(42)26-8-4-24(20-37)5-9-26)36(44)40-31-12-10-28-21-38-41-33(28)19-31/h2-3,6-7,10-12,15-16,19,24,26,29-30H,4-5,8-9,13-14,17-18,20-21,37H2,1H3,(H,39,43)(H,40,44)/t24?,26?,29-/m1/s1. The minimum Gasteiger partial charge on any atom is -0.349 e. The molecule has 228 valence electrons.